The largest absolute Gasteiger partial charge is 0.417 e. The Morgan fingerprint density at radius 2 is 2.00 bits per heavy atom. The van der Waals surface area contributed by atoms with Crippen LogP contribution in [-0.2, 0) is 12.6 Å². The third-order valence-electron chi connectivity index (χ3n) is 4.65. The number of alkyl halides is 3. The molecular formula is C22H26ClF3N4O2. The Bertz CT molecular complexity index is 934. The third-order valence-corrected chi connectivity index (χ3v) is 4.94. The van der Waals surface area contributed by atoms with Crippen molar-refractivity contribution < 1.29 is 23.1 Å². The fourth-order valence-electron chi connectivity index (χ4n) is 3.03. The van der Waals surface area contributed by atoms with Crippen LogP contribution in [0.3, 0.4) is 0 Å². The molecule has 1 aliphatic heterocycles. The maximum absolute atomic E-state index is 12.6. The van der Waals surface area contributed by atoms with Crippen molar-refractivity contribution in [2.24, 2.45) is 0 Å². The average molecular weight is 471 g/mol. The Morgan fingerprint density at radius 1 is 1.25 bits per heavy atom. The molecule has 0 aliphatic carbocycles. The van der Waals surface area contributed by atoms with Gasteiger partial charge in [-0.15, -0.1) is 0 Å². The summed E-state index contributed by atoms with van der Waals surface area (Å²) < 4.78 is 37.8. The normalized spacial score (nSPS) is 13.7. The van der Waals surface area contributed by atoms with E-state index in [0.29, 0.717) is 49.3 Å². The molecule has 3 rings (SSSR count). The molecule has 2 amide bonds. The first-order valence-electron chi connectivity index (χ1n) is 10.3. The Balaban J connectivity index is 0.00000176. The van der Waals surface area contributed by atoms with Gasteiger partial charge in [0.05, 0.1) is 16.3 Å². The van der Waals surface area contributed by atoms with E-state index >= 15 is 0 Å². The highest BCUT2D eigenvalue weighted by molar-refractivity contribution is 6.32. The second-order valence-electron chi connectivity index (χ2n) is 6.79. The summed E-state index contributed by atoms with van der Waals surface area (Å²) in [6, 6.07) is 3.37. The second-order valence-corrected chi connectivity index (χ2v) is 7.19. The quantitative estimate of drug-likeness (QED) is 0.611. The van der Waals surface area contributed by atoms with E-state index in [2.05, 4.69) is 15.3 Å². The molecule has 0 radical (unpaired) electrons. The summed E-state index contributed by atoms with van der Waals surface area (Å²) >= 11 is 6.35. The minimum absolute atomic E-state index is 0.0472. The minimum atomic E-state index is -4.48. The van der Waals surface area contributed by atoms with Gasteiger partial charge in [0.2, 0.25) is 0 Å². The number of amides is 2. The highest BCUT2D eigenvalue weighted by Crippen LogP contribution is 2.30. The lowest BCUT2D eigenvalue weighted by Crippen LogP contribution is -2.38. The Labute approximate surface area is 190 Å². The number of anilines is 1. The van der Waals surface area contributed by atoms with Gasteiger partial charge in [0.1, 0.15) is 5.82 Å². The van der Waals surface area contributed by atoms with Crippen molar-refractivity contribution in [2.45, 2.75) is 39.3 Å². The highest BCUT2D eigenvalue weighted by atomic mass is 35.5. The summed E-state index contributed by atoms with van der Waals surface area (Å²) in [5.74, 6) is 0.0472. The molecule has 0 bridgehead atoms. The van der Waals surface area contributed by atoms with Crippen LogP contribution in [0.4, 0.5) is 23.8 Å². The Kier molecular flexibility index (Phi) is 9.46. The average Bonchev–Trinajstić information content (AvgIpc) is 2.79. The molecule has 1 aliphatic rings. The number of carbonyl (C=O) groups excluding carboxylic acids is 1. The molecule has 2 aromatic rings. The summed E-state index contributed by atoms with van der Waals surface area (Å²) in [4.78, 5) is 22.0. The molecular weight excluding hydrogens is 445 g/mol. The number of hydrogen-bond acceptors (Lipinski definition) is 4. The van der Waals surface area contributed by atoms with Gasteiger partial charge in [-0.1, -0.05) is 31.5 Å². The van der Waals surface area contributed by atoms with Crippen molar-refractivity contribution in [2.75, 3.05) is 25.0 Å². The molecule has 0 spiro atoms. The number of urea groups is 1. The van der Waals surface area contributed by atoms with Crippen LogP contribution in [0.15, 0.2) is 36.7 Å². The van der Waals surface area contributed by atoms with Gasteiger partial charge in [0.25, 0.3) is 0 Å². The van der Waals surface area contributed by atoms with Crippen molar-refractivity contribution >= 4 is 29.0 Å². The van der Waals surface area contributed by atoms with Crippen LogP contribution in [0.1, 0.15) is 43.5 Å². The first-order valence-corrected chi connectivity index (χ1v) is 10.7. The number of aliphatic hydroxyl groups excluding tert-OH is 1. The zero-order valence-corrected chi connectivity index (χ0v) is 18.7. The molecule has 10 heteroatoms. The standard InChI is InChI=1S/C20H20ClF3N4O2.C2H6/c21-16-10-13(2-1-9-29)11-26-18(16)14-5-7-28(8-6-14)19(30)27-17-4-3-15(12-25-17)20(22,23)24;1-2/h3-5,10-12,29H,1-2,6-9H2,(H,25,27,30);1-2H3. The molecule has 0 unspecified atom stereocenters. The summed E-state index contributed by atoms with van der Waals surface area (Å²) in [5.41, 5.74) is 1.65. The van der Waals surface area contributed by atoms with E-state index in [1.165, 1.54) is 4.90 Å². The molecule has 3 heterocycles. The molecule has 32 heavy (non-hydrogen) atoms. The van der Waals surface area contributed by atoms with Gasteiger partial charge in [0, 0.05) is 32.1 Å². The molecule has 0 saturated carbocycles. The fourth-order valence-corrected chi connectivity index (χ4v) is 3.34. The van der Waals surface area contributed by atoms with Gasteiger partial charge < -0.3 is 10.0 Å². The van der Waals surface area contributed by atoms with Gasteiger partial charge in [-0.2, -0.15) is 13.2 Å². The van der Waals surface area contributed by atoms with Gasteiger partial charge >= 0.3 is 12.2 Å². The molecule has 0 aromatic carbocycles. The van der Waals surface area contributed by atoms with E-state index in [4.69, 9.17) is 16.7 Å². The SMILES string of the molecule is CC.O=C(Nc1ccc(C(F)(F)F)cn1)N1CC=C(c2ncc(CCCO)cc2Cl)CC1. The number of pyridine rings is 2. The lowest BCUT2D eigenvalue weighted by molar-refractivity contribution is -0.137. The van der Waals surface area contributed by atoms with Crippen LogP contribution in [0, 0.1) is 0 Å². The minimum Gasteiger partial charge on any atom is -0.396 e. The number of aryl methyl sites for hydroxylation is 1. The molecule has 0 fully saturated rings. The van der Waals surface area contributed by atoms with Gasteiger partial charge in [-0.05, 0) is 48.6 Å². The number of rotatable bonds is 5. The van der Waals surface area contributed by atoms with E-state index in [1.807, 2.05) is 26.0 Å². The van der Waals surface area contributed by atoms with E-state index in [9.17, 15) is 18.0 Å². The number of halogens is 4. The molecule has 174 valence electrons. The molecule has 0 saturated heterocycles. The van der Waals surface area contributed by atoms with Crippen molar-refractivity contribution in [1.29, 1.82) is 0 Å². The summed E-state index contributed by atoms with van der Waals surface area (Å²) in [7, 11) is 0. The van der Waals surface area contributed by atoms with Crippen molar-refractivity contribution in [3.63, 3.8) is 0 Å². The van der Waals surface area contributed by atoms with Crippen molar-refractivity contribution in [1.82, 2.24) is 14.9 Å². The first kappa shape index (κ1) is 25.6. The maximum atomic E-state index is 12.6. The number of nitrogens with zero attached hydrogens (tertiary/aromatic N) is 3. The Hall–Kier alpha value is -2.65. The van der Waals surface area contributed by atoms with E-state index in [-0.39, 0.29) is 12.4 Å². The lowest BCUT2D eigenvalue weighted by atomic mass is 10.0. The van der Waals surface area contributed by atoms with Gasteiger partial charge in [-0.25, -0.2) is 9.78 Å². The second kappa shape index (κ2) is 11.8. The van der Waals surface area contributed by atoms with Crippen LogP contribution in [-0.4, -0.2) is 45.7 Å². The molecule has 0 atom stereocenters. The smallest absolute Gasteiger partial charge is 0.396 e. The van der Waals surface area contributed by atoms with Crippen LogP contribution in [0.2, 0.25) is 5.02 Å². The zero-order chi connectivity index (χ0) is 23.7. The number of aromatic nitrogens is 2. The lowest BCUT2D eigenvalue weighted by Gasteiger charge is -2.26. The fraction of sp³-hybridized carbons (Fsp3) is 0.409. The first-order chi connectivity index (χ1) is 15.3. The maximum Gasteiger partial charge on any atom is 0.417 e. The molecule has 2 N–H and O–H groups in total. The predicted molar refractivity (Wildman–Crippen MR) is 118 cm³/mol. The van der Waals surface area contributed by atoms with E-state index in [1.54, 1.807) is 6.20 Å². The van der Waals surface area contributed by atoms with E-state index < -0.39 is 17.8 Å². The van der Waals surface area contributed by atoms with Crippen LogP contribution < -0.4 is 5.32 Å². The topological polar surface area (TPSA) is 78.4 Å². The molecule has 2 aromatic heterocycles. The van der Waals surface area contributed by atoms with Gasteiger partial charge in [0.15, 0.2) is 0 Å². The monoisotopic (exact) mass is 470 g/mol. The number of aliphatic hydroxyl groups is 1. The molecule has 6 nitrogen and oxygen atoms in total. The Morgan fingerprint density at radius 3 is 2.53 bits per heavy atom. The number of carbonyl (C=O) groups is 1. The summed E-state index contributed by atoms with van der Waals surface area (Å²) in [6.07, 6.45) is 1.65. The van der Waals surface area contributed by atoms with E-state index in [0.717, 1.165) is 23.3 Å². The van der Waals surface area contributed by atoms with Crippen LogP contribution in [0.5, 0.6) is 0 Å². The summed E-state index contributed by atoms with van der Waals surface area (Å²) in [6.45, 7) is 4.82. The number of hydrogen-bond donors (Lipinski definition) is 2. The zero-order valence-electron chi connectivity index (χ0n) is 17.9. The van der Waals surface area contributed by atoms with Crippen LogP contribution in [0.25, 0.3) is 5.57 Å². The predicted octanol–water partition coefficient (Wildman–Crippen LogP) is 5.42. The highest BCUT2D eigenvalue weighted by Gasteiger charge is 2.30. The van der Waals surface area contributed by atoms with Gasteiger partial charge in [-0.3, -0.25) is 10.3 Å². The summed E-state index contributed by atoms with van der Waals surface area (Å²) in [5, 5.41) is 11.9. The van der Waals surface area contributed by atoms with Crippen molar-refractivity contribution in [3.05, 3.63) is 58.5 Å². The third kappa shape index (κ3) is 6.93. The number of nitrogens with one attached hydrogen (secondary N) is 1. The van der Waals surface area contributed by atoms with Crippen molar-refractivity contribution in [3.8, 4) is 0 Å². The van der Waals surface area contributed by atoms with Crippen LogP contribution >= 0.6 is 11.6 Å².